The number of hydrogen-bond donors (Lipinski definition) is 1. The van der Waals surface area contributed by atoms with Gasteiger partial charge < -0.3 is 15.2 Å². The minimum Gasteiger partial charge on any atom is -0.493 e. The van der Waals surface area contributed by atoms with Gasteiger partial charge in [-0.25, -0.2) is 8.42 Å². The molecule has 1 atom stereocenters. The molecule has 0 heterocycles. The predicted octanol–water partition coefficient (Wildman–Crippen LogP) is 3.01. The molecular weight excluding hydrogens is 362 g/mol. The first-order chi connectivity index (χ1) is 12.8. The highest BCUT2D eigenvalue weighted by Gasteiger charge is 2.20. The van der Waals surface area contributed by atoms with Gasteiger partial charge in [-0.1, -0.05) is 36.4 Å². The summed E-state index contributed by atoms with van der Waals surface area (Å²) in [6.45, 7) is 3.87. The van der Waals surface area contributed by atoms with Crippen LogP contribution in [0.1, 0.15) is 25.0 Å². The minimum absolute atomic E-state index is 0.0269. The van der Waals surface area contributed by atoms with Gasteiger partial charge in [-0.2, -0.15) is 0 Å². The Morgan fingerprint density at radius 1 is 1.00 bits per heavy atom. The van der Waals surface area contributed by atoms with E-state index in [-0.39, 0.29) is 5.75 Å². The zero-order valence-corrected chi connectivity index (χ0v) is 17.0. The third kappa shape index (κ3) is 6.56. The standard InChI is InChI=1S/C21H29NO4S/c1-16(2)27(23,24)15-19(22)13-18-9-10-20(25-3)21(14-18)26-12-11-17-7-5-4-6-8-17/h4-10,14,16,19H,11-13,15,22H2,1-3H3. The van der Waals surface area contributed by atoms with Crippen molar-refractivity contribution in [1.82, 2.24) is 0 Å². The lowest BCUT2D eigenvalue weighted by atomic mass is 10.1. The molecule has 0 saturated heterocycles. The van der Waals surface area contributed by atoms with Crippen LogP contribution < -0.4 is 15.2 Å². The topological polar surface area (TPSA) is 78.6 Å². The summed E-state index contributed by atoms with van der Waals surface area (Å²) in [4.78, 5) is 0. The lowest BCUT2D eigenvalue weighted by Gasteiger charge is -2.16. The van der Waals surface area contributed by atoms with E-state index in [0.29, 0.717) is 24.5 Å². The molecule has 2 aromatic carbocycles. The summed E-state index contributed by atoms with van der Waals surface area (Å²) < 4.78 is 35.4. The molecule has 0 aliphatic rings. The Morgan fingerprint density at radius 2 is 1.70 bits per heavy atom. The zero-order valence-electron chi connectivity index (χ0n) is 16.2. The Bertz CT molecular complexity index is 819. The molecule has 0 radical (unpaired) electrons. The summed E-state index contributed by atoms with van der Waals surface area (Å²) in [5.41, 5.74) is 8.21. The van der Waals surface area contributed by atoms with Crippen LogP contribution in [0.25, 0.3) is 0 Å². The van der Waals surface area contributed by atoms with E-state index in [1.54, 1.807) is 21.0 Å². The van der Waals surface area contributed by atoms with Gasteiger partial charge in [0.15, 0.2) is 21.3 Å². The molecule has 2 aromatic rings. The maximum absolute atomic E-state index is 12.0. The van der Waals surface area contributed by atoms with Crippen LogP contribution >= 0.6 is 0 Å². The molecule has 2 N–H and O–H groups in total. The van der Waals surface area contributed by atoms with E-state index in [9.17, 15) is 8.42 Å². The minimum atomic E-state index is -3.17. The SMILES string of the molecule is COc1ccc(CC(N)CS(=O)(=O)C(C)C)cc1OCCc1ccccc1. The van der Waals surface area contributed by atoms with Crippen molar-refractivity contribution < 1.29 is 17.9 Å². The molecule has 5 nitrogen and oxygen atoms in total. The lowest BCUT2D eigenvalue weighted by molar-refractivity contribution is 0.297. The number of ether oxygens (including phenoxy) is 2. The van der Waals surface area contributed by atoms with Crippen LogP contribution in [0.4, 0.5) is 0 Å². The van der Waals surface area contributed by atoms with E-state index < -0.39 is 21.1 Å². The smallest absolute Gasteiger partial charge is 0.161 e. The molecule has 1 unspecified atom stereocenters. The third-order valence-electron chi connectivity index (χ3n) is 4.38. The van der Waals surface area contributed by atoms with Crippen LogP contribution in [0, 0.1) is 0 Å². The maximum Gasteiger partial charge on any atom is 0.161 e. The van der Waals surface area contributed by atoms with Crippen molar-refractivity contribution in [3.8, 4) is 11.5 Å². The van der Waals surface area contributed by atoms with Crippen LogP contribution in [0.5, 0.6) is 11.5 Å². The first kappa shape index (κ1) is 21.3. The fourth-order valence-corrected chi connectivity index (χ4v) is 3.84. The Kier molecular flexibility index (Phi) is 7.68. The first-order valence-corrected chi connectivity index (χ1v) is 10.8. The van der Waals surface area contributed by atoms with Crippen molar-refractivity contribution in [1.29, 1.82) is 0 Å². The number of benzene rings is 2. The molecule has 0 saturated carbocycles. The third-order valence-corrected chi connectivity index (χ3v) is 6.71. The maximum atomic E-state index is 12.0. The highest BCUT2D eigenvalue weighted by Crippen LogP contribution is 2.28. The molecule has 27 heavy (non-hydrogen) atoms. The van der Waals surface area contributed by atoms with Crippen LogP contribution in [0.3, 0.4) is 0 Å². The summed E-state index contributed by atoms with van der Waals surface area (Å²) in [5, 5.41) is -0.420. The van der Waals surface area contributed by atoms with Crippen molar-refractivity contribution in [2.75, 3.05) is 19.5 Å². The number of nitrogens with two attached hydrogens (primary N) is 1. The van der Waals surface area contributed by atoms with Gasteiger partial charge in [0.1, 0.15) is 0 Å². The molecular formula is C21H29NO4S. The lowest BCUT2D eigenvalue weighted by Crippen LogP contribution is -2.34. The number of methoxy groups -OCH3 is 1. The Morgan fingerprint density at radius 3 is 2.33 bits per heavy atom. The summed E-state index contributed by atoms with van der Waals surface area (Å²) in [6.07, 6.45) is 1.26. The van der Waals surface area contributed by atoms with Crippen molar-refractivity contribution >= 4 is 9.84 Å². The van der Waals surface area contributed by atoms with Gasteiger partial charge in [-0.05, 0) is 43.5 Å². The zero-order chi connectivity index (χ0) is 19.9. The Labute approximate surface area is 162 Å². The van der Waals surface area contributed by atoms with Gasteiger partial charge in [0.2, 0.25) is 0 Å². The van der Waals surface area contributed by atoms with Crippen LogP contribution in [-0.4, -0.2) is 39.2 Å². The predicted molar refractivity (Wildman–Crippen MR) is 109 cm³/mol. The molecule has 6 heteroatoms. The van der Waals surface area contributed by atoms with E-state index in [4.69, 9.17) is 15.2 Å². The fraction of sp³-hybridized carbons (Fsp3) is 0.429. The quantitative estimate of drug-likeness (QED) is 0.673. The highest BCUT2D eigenvalue weighted by molar-refractivity contribution is 7.92. The number of rotatable bonds is 10. The Balaban J connectivity index is 2.01. The van der Waals surface area contributed by atoms with Gasteiger partial charge in [0, 0.05) is 12.5 Å². The van der Waals surface area contributed by atoms with E-state index in [0.717, 1.165) is 12.0 Å². The summed E-state index contributed by atoms with van der Waals surface area (Å²) in [6, 6.07) is 15.3. The summed E-state index contributed by atoms with van der Waals surface area (Å²) in [7, 11) is -1.57. The molecule has 2 rings (SSSR count). The molecule has 0 fully saturated rings. The van der Waals surface area contributed by atoms with E-state index in [1.807, 2.05) is 36.4 Å². The largest absolute Gasteiger partial charge is 0.493 e. The van der Waals surface area contributed by atoms with Crippen LogP contribution in [0.15, 0.2) is 48.5 Å². The van der Waals surface area contributed by atoms with Crippen LogP contribution in [0.2, 0.25) is 0 Å². The van der Waals surface area contributed by atoms with Gasteiger partial charge in [-0.3, -0.25) is 0 Å². The van der Waals surface area contributed by atoms with Crippen molar-refractivity contribution in [3.63, 3.8) is 0 Å². The van der Waals surface area contributed by atoms with Gasteiger partial charge in [0.05, 0.1) is 24.7 Å². The summed E-state index contributed by atoms with van der Waals surface area (Å²) >= 11 is 0. The molecule has 0 aromatic heterocycles. The van der Waals surface area contributed by atoms with Crippen molar-refractivity contribution in [2.45, 2.75) is 38.0 Å². The Hall–Kier alpha value is -2.05. The first-order valence-electron chi connectivity index (χ1n) is 9.12. The second-order valence-electron chi connectivity index (χ2n) is 6.91. The molecule has 0 aliphatic carbocycles. The molecule has 0 spiro atoms. The molecule has 0 bridgehead atoms. The second-order valence-corrected chi connectivity index (χ2v) is 9.51. The molecule has 0 aliphatic heterocycles. The van der Waals surface area contributed by atoms with Crippen molar-refractivity contribution in [3.05, 3.63) is 59.7 Å². The van der Waals surface area contributed by atoms with E-state index >= 15 is 0 Å². The summed E-state index contributed by atoms with van der Waals surface area (Å²) in [5.74, 6) is 1.26. The monoisotopic (exact) mass is 391 g/mol. The van der Waals surface area contributed by atoms with Crippen molar-refractivity contribution in [2.24, 2.45) is 5.73 Å². The molecule has 148 valence electrons. The average Bonchev–Trinajstić information content (AvgIpc) is 2.62. The highest BCUT2D eigenvalue weighted by atomic mass is 32.2. The van der Waals surface area contributed by atoms with Gasteiger partial charge in [-0.15, -0.1) is 0 Å². The van der Waals surface area contributed by atoms with Gasteiger partial charge in [0.25, 0.3) is 0 Å². The fourth-order valence-electron chi connectivity index (χ4n) is 2.74. The number of hydrogen-bond acceptors (Lipinski definition) is 5. The normalized spacial score (nSPS) is 12.8. The van der Waals surface area contributed by atoms with E-state index in [2.05, 4.69) is 12.1 Å². The van der Waals surface area contributed by atoms with Crippen LogP contribution in [-0.2, 0) is 22.7 Å². The molecule has 0 amide bonds. The second kappa shape index (κ2) is 9.76. The van der Waals surface area contributed by atoms with Gasteiger partial charge >= 0.3 is 0 Å². The van der Waals surface area contributed by atoms with E-state index in [1.165, 1.54) is 5.56 Å². The number of sulfone groups is 1. The average molecular weight is 392 g/mol.